The van der Waals surface area contributed by atoms with E-state index in [0.717, 1.165) is 34.9 Å². The molecule has 3 heterocycles. The van der Waals surface area contributed by atoms with Crippen LogP contribution in [0.15, 0.2) is 358 Å². The third-order valence-electron chi connectivity index (χ3n) is 22.8. The van der Waals surface area contributed by atoms with E-state index in [9.17, 15) is 0 Å². The number of fused-ring (bicyclic) bond motifs is 21. The average molecular weight is 1390 g/mol. The van der Waals surface area contributed by atoms with Gasteiger partial charge in [-0.2, -0.15) is 0 Å². The number of benzene rings is 16. The minimum Gasteiger partial charge on any atom is -0.310 e. The third kappa shape index (κ3) is 9.32. The van der Waals surface area contributed by atoms with Gasteiger partial charge in [-0.15, -0.1) is 34.0 Å². The van der Waals surface area contributed by atoms with Crippen LogP contribution in [0, 0.1) is 5.92 Å². The lowest BCUT2D eigenvalue weighted by Crippen LogP contribution is -2.25. The predicted octanol–water partition coefficient (Wildman–Crippen LogP) is 29.1. The second-order valence-corrected chi connectivity index (χ2v) is 31.9. The number of anilines is 5. The van der Waals surface area contributed by atoms with Gasteiger partial charge in [0.25, 0.3) is 0 Å². The SMILES string of the molecule is CC1C=CC(N(c2ccc(-c3ccc4c(c3)C3(c5ccccc5-c5ccccc53)c3ccccc3-4)cc2)c2cccc3cc(-c4ccc5c(c4)sc4ccc(-c6ccccc6N(c6ccc7c(c6)sc6ccccc67)c6cccc7ccccc67)cc45)ccc23)=C(c2ccc3sc4ccccc4c3c2)C1. The Labute approximate surface area is 620 Å². The van der Waals surface area contributed by atoms with Crippen molar-refractivity contribution in [2.45, 2.75) is 18.8 Å². The first-order valence-corrected chi connectivity index (χ1v) is 38.8. The zero-order chi connectivity index (χ0) is 69.0. The molecule has 3 aliphatic carbocycles. The Bertz CT molecular complexity index is 6870. The molecule has 0 saturated carbocycles. The molecule has 0 radical (unpaired) electrons. The first-order valence-electron chi connectivity index (χ1n) is 36.4. The van der Waals surface area contributed by atoms with Crippen LogP contribution in [0.4, 0.5) is 28.4 Å². The van der Waals surface area contributed by atoms with Gasteiger partial charge in [-0.05, 0) is 210 Å². The summed E-state index contributed by atoms with van der Waals surface area (Å²) in [5, 5.41) is 12.6. The molecule has 0 aliphatic heterocycles. The number of rotatable bonds is 10. The fourth-order valence-corrected chi connectivity index (χ4v) is 21.4. The van der Waals surface area contributed by atoms with Gasteiger partial charge in [0.1, 0.15) is 0 Å². The van der Waals surface area contributed by atoms with Crippen molar-refractivity contribution in [1.82, 2.24) is 0 Å². The van der Waals surface area contributed by atoms with Crippen molar-refractivity contribution in [3.63, 3.8) is 0 Å². The smallest absolute Gasteiger partial charge is 0.0725 e. The van der Waals surface area contributed by atoms with Gasteiger partial charge >= 0.3 is 0 Å². The van der Waals surface area contributed by atoms with E-state index in [2.05, 4.69) is 369 Å². The molecule has 3 aromatic heterocycles. The molecule has 19 aromatic rings. The number of hydrogen-bond donors (Lipinski definition) is 0. The second kappa shape index (κ2) is 23.7. The summed E-state index contributed by atoms with van der Waals surface area (Å²) in [5.74, 6) is 0.361. The first-order chi connectivity index (χ1) is 51.9. The molecule has 3 aliphatic rings. The van der Waals surface area contributed by atoms with Gasteiger partial charge in [-0.1, -0.05) is 256 Å². The van der Waals surface area contributed by atoms with Gasteiger partial charge in [0.2, 0.25) is 0 Å². The molecule has 16 aromatic carbocycles. The zero-order valence-corrected chi connectivity index (χ0v) is 59.8. The number of thiophene rings is 3. The molecule has 1 atom stereocenters. The van der Waals surface area contributed by atoms with Crippen LogP contribution in [0.2, 0.25) is 0 Å². The monoisotopic (exact) mass is 1390 g/mol. The molecular formula is C100H64N2S3. The molecule has 22 rings (SSSR count). The van der Waals surface area contributed by atoms with Crippen LogP contribution in [0.25, 0.3) is 143 Å². The maximum Gasteiger partial charge on any atom is 0.0725 e. The van der Waals surface area contributed by atoms with Crippen molar-refractivity contribution in [2.75, 3.05) is 9.80 Å². The number of para-hydroxylation sites is 1. The molecule has 1 spiro atoms. The molecular weight excluding hydrogens is 1330 g/mol. The Kier molecular flexibility index (Phi) is 13.6. The predicted molar refractivity (Wildman–Crippen MR) is 452 cm³/mol. The summed E-state index contributed by atoms with van der Waals surface area (Å²) >= 11 is 5.63. The molecule has 492 valence electrons. The van der Waals surface area contributed by atoms with Crippen molar-refractivity contribution in [2.24, 2.45) is 5.92 Å². The van der Waals surface area contributed by atoms with Crippen LogP contribution in [0.5, 0.6) is 0 Å². The van der Waals surface area contributed by atoms with Crippen molar-refractivity contribution in [3.8, 4) is 55.6 Å². The van der Waals surface area contributed by atoms with E-state index < -0.39 is 5.41 Å². The van der Waals surface area contributed by atoms with Crippen molar-refractivity contribution in [1.29, 1.82) is 0 Å². The highest BCUT2D eigenvalue weighted by molar-refractivity contribution is 7.26. The number of hydrogen-bond acceptors (Lipinski definition) is 5. The van der Waals surface area contributed by atoms with Crippen molar-refractivity contribution in [3.05, 3.63) is 385 Å². The minimum absolute atomic E-state index is 0.361. The lowest BCUT2D eigenvalue weighted by molar-refractivity contribution is 0.742. The van der Waals surface area contributed by atoms with E-state index >= 15 is 0 Å². The van der Waals surface area contributed by atoms with Crippen LogP contribution in [0.3, 0.4) is 0 Å². The highest BCUT2D eigenvalue weighted by Crippen LogP contribution is 2.63. The number of nitrogens with zero attached hydrogens (tertiary/aromatic N) is 2. The normalized spacial score (nSPS) is 14.2. The molecule has 0 N–H and O–H groups in total. The topological polar surface area (TPSA) is 6.48 Å². The van der Waals surface area contributed by atoms with Gasteiger partial charge in [-0.3, -0.25) is 0 Å². The molecule has 5 heteroatoms. The van der Waals surface area contributed by atoms with Crippen LogP contribution in [-0.2, 0) is 5.41 Å². The second-order valence-electron chi connectivity index (χ2n) is 28.6. The number of allylic oxidation sites excluding steroid dienone is 3. The molecule has 2 nitrogen and oxygen atoms in total. The third-order valence-corrected chi connectivity index (χ3v) is 26.2. The maximum absolute atomic E-state index is 2.56. The van der Waals surface area contributed by atoms with E-state index in [1.54, 1.807) is 0 Å². The van der Waals surface area contributed by atoms with Crippen LogP contribution in [0.1, 0.15) is 41.2 Å². The molecule has 0 amide bonds. The Balaban J connectivity index is 0.646. The Morgan fingerprint density at radius 1 is 0.276 bits per heavy atom. The molecule has 105 heavy (non-hydrogen) atoms. The van der Waals surface area contributed by atoms with Gasteiger partial charge < -0.3 is 9.80 Å². The van der Waals surface area contributed by atoms with E-state index in [-0.39, 0.29) is 0 Å². The molecule has 0 fully saturated rings. The van der Waals surface area contributed by atoms with E-state index in [0.29, 0.717) is 5.92 Å². The lowest BCUT2D eigenvalue weighted by Gasteiger charge is -2.33. The van der Waals surface area contributed by atoms with Gasteiger partial charge in [0, 0.05) is 93.9 Å². The van der Waals surface area contributed by atoms with Gasteiger partial charge in [0.15, 0.2) is 0 Å². The van der Waals surface area contributed by atoms with Crippen LogP contribution >= 0.6 is 34.0 Å². The van der Waals surface area contributed by atoms with Crippen molar-refractivity contribution < 1.29 is 0 Å². The average Bonchev–Trinajstić information content (AvgIpc) is 1.50. The largest absolute Gasteiger partial charge is 0.310 e. The summed E-state index contributed by atoms with van der Waals surface area (Å²) in [6, 6.07) is 129. The van der Waals surface area contributed by atoms with E-state index in [1.165, 1.54) is 177 Å². The fourth-order valence-electron chi connectivity index (χ4n) is 18.1. The highest BCUT2D eigenvalue weighted by Gasteiger charge is 2.51. The highest BCUT2D eigenvalue weighted by atomic mass is 32.1. The van der Waals surface area contributed by atoms with Gasteiger partial charge in [0.05, 0.1) is 22.5 Å². The summed E-state index contributed by atoms with van der Waals surface area (Å²) in [6.07, 6.45) is 5.74. The Morgan fingerprint density at radius 3 is 1.45 bits per heavy atom. The Morgan fingerprint density at radius 2 is 0.724 bits per heavy atom. The lowest BCUT2D eigenvalue weighted by atomic mass is 9.70. The van der Waals surface area contributed by atoms with Crippen LogP contribution < -0.4 is 9.80 Å². The summed E-state index contributed by atoms with van der Waals surface area (Å²) < 4.78 is 7.77. The summed E-state index contributed by atoms with van der Waals surface area (Å²) in [6.45, 7) is 2.36. The molecule has 1 unspecified atom stereocenters. The zero-order valence-electron chi connectivity index (χ0n) is 57.4. The van der Waals surface area contributed by atoms with Crippen molar-refractivity contribution >= 4 is 150 Å². The standard InChI is InChI=1S/C100H64N2S3/c1-61-36-51-93(83(54-61)69-43-53-96-84(57-69)80-27-9-15-35-95(80)103-96)101(70-44-37-62(38-45-70)65-40-48-78-77-25-6-12-30-88(77)100(89(78)58-65)86-28-10-4-23-75(86)76-24-5-11-29-87(76)100)92-33-17-20-67-55-64(39-47-74(67)92)66-41-49-82-85-56-68(42-52-97(85)105-98(82)59-66)73-22-7-13-31-90(73)102(91-32-16-19-63-18-2-3-21-72(63)91)71-46-50-81-79-26-8-14-34-94(79)104-99(81)60-71/h2-53,55-61H,54H2,1H3. The first kappa shape index (κ1) is 60.4. The minimum atomic E-state index is -0.418. The molecule has 0 saturated heterocycles. The van der Waals surface area contributed by atoms with E-state index in [4.69, 9.17) is 0 Å². The quantitative estimate of drug-likeness (QED) is 0.135. The summed E-state index contributed by atoms with van der Waals surface area (Å²) in [5.41, 5.74) is 26.9. The van der Waals surface area contributed by atoms with Crippen LogP contribution in [-0.4, -0.2) is 0 Å². The summed E-state index contributed by atoms with van der Waals surface area (Å²) in [7, 11) is 0. The maximum atomic E-state index is 2.56. The Hall–Kier alpha value is -12.2. The van der Waals surface area contributed by atoms with E-state index in [1.807, 2.05) is 34.0 Å². The van der Waals surface area contributed by atoms with Gasteiger partial charge in [-0.25, -0.2) is 0 Å². The fraction of sp³-hybridized carbons (Fsp3) is 0.0400. The summed E-state index contributed by atoms with van der Waals surface area (Å²) in [4.78, 5) is 5.04. The molecule has 0 bridgehead atoms.